The molecule has 0 aliphatic heterocycles. The Morgan fingerprint density at radius 2 is 2.05 bits per heavy atom. The summed E-state index contributed by atoms with van der Waals surface area (Å²) >= 11 is 8.95. The summed E-state index contributed by atoms with van der Waals surface area (Å²) in [6.07, 6.45) is 1.05. The molecule has 0 saturated carbocycles. The summed E-state index contributed by atoms with van der Waals surface area (Å²) in [5.41, 5.74) is 2.02. The number of rotatable bonds is 4. The van der Waals surface area contributed by atoms with Crippen LogP contribution in [0.15, 0.2) is 39.8 Å². The maximum atomic E-state index is 13.6. The average molecular weight is 396 g/mol. The van der Waals surface area contributed by atoms with Crippen LogP contribution in [0.5, 0.6) is 0 Å². The van der Waals surface area contributed by atoms with E-state index < -0.39 is 15.8 Å². The Balaban J connectivity index is 2.38. The summed E-state index contributed by atoms with van der Waals surface area (Å²) in [5, 5.41) is 0.0232. The summed E-state index contributed by atoms with van der Waals surface area (Å²) in [5.74, 6) is 4.57. The second-order valence-electron chi connectivity index (χ2n) is 3.88. The molecular formula is C11H9BrClFN4O2S. The average Bonchev–Trinajstić information content (AvgIpc) is 2.42. The van der Waals surface area contributed by atoms with Gasteiger partial charge in [-0.15, -0.1) is 0 Å². The monoisotopic (exact) mass is 394 g/mol. The summed E-state index contributed by atoms with van der Waals surface area (Å²) in [4.78, 5) is 3.54. The van der Waals surface area contributed by atoms with Gasteiger partial charge in [-0.1, -0.05) is 27.5 Å². The molecule has 0 aliphatic rings. The largest absolute Gasteiger partial charge is 0.307 e. The molecule has 2 rings (SSSR count). The van der Waals surface area contributed by atoms with Crippen molar-refractivity contribution in [1.29, 1.82) is 0 Å². The van der Waals surface area contributed by atoms with E-state index in [1.165, 1.54) is 12.1 Å². The minimum atomic E-state index is -4.03. The predicted octanol–water partition coefficient (Wildman–Crippen LogP) is 2.72. The Bertz CT molecular complexity index is 788. The predicted molar refractivity (Wildman–Crippen MR) is 82.0 cm³/mol. The molecule has 10 heteroatoms. The van der Waals surface area contributed by atoms with Crippen LogP contribution < -0.4 is 16.0 Å². The van der Waals surface area contributed by atoms with E-state index in [0.29, 0.717) is 4.47 Å². The molecule has 2 aromatic rings. The van der Waals surface area contributed by atoms with E-state index in [0.717, 1.165) is 18.3 Å². The first-order chi connectivity index (χ1) is 9.83. The molecular weight excluding hydrogens is 387 g/mol. The van der Waals surface area contributed by atoms with Gasteiger partial charge >= 0.3 is 0 Å². The highest BCUT2D eigenvalue weighted by Gasteiger charge is 2.18. The van der Waals surface area contributed by atoms with Crippen molar-refractivity contribution in [2.45, 2.75) is 4.90 Å². The smallest absolute Gasteiger partial charge is 0.263 e. The number of anilines is 2. The van der Waals surface area contributed by atoms with E-state index in [9.17, 15) is 12.8 Å². The first-order valence-corrected chi connectivity index (χ1v) is 8.09. The van der Waals surface area contributed by atoms with Crippen molar-refractivity contribution >= 4 is 49.1 Å². The van der Waals surface area contributed by atoms with E-state index in [2.05, 4.69) is 31.1 Å². The number of halogens is 3. The highest BCUT2D eigenvalue weighted by atomic mass is 79.9. The second-order valence-corrected chi connectivity index (χ2v) is 6.88. The lowest BCUT2D eigenvalue weighted by atomic mass is 10.3. The number of pyridine rings is 1. The first-order valence-electron chi connectivity index (χ1n) is 5.43. The van der Waals surface area contributed by atoms with Gasteiger partial charge in [0.15, 0.2) is 5.82 Å². The highest BCUT2D eigenvalue weighted by molar-refractivity contribution is 9.10. The summed E-state index contributed by atoms with van der Waals surface area (Å²) in [6.45, 7) is 0. The van der Waals surface area contributed by atoms with Gasteiger partial charge in [0.25, 0.3) is 10.0 Å². The third-order valence-corrected chi connectivity index (χ3v) is 4.55. The number of hydrazine groups is 1. The van der Waals surface area contributed by atoms with Crippen molar-refractivity contribution in [3.63, 3.8) is 0 Å². The molecule has 0 aliphatic carbocycles. The van der Waals surface area contributed by atoms with Crippen LogP contribution in [-0.4, -0.2) is 13.4 Å². The quantitative estimate of drug-likeness (QED) is 0.546. The third kappa shape index (κ3) is 3.62. The molecule has 4 N–H and O–H groups in total. The molecule has 21 heavy (non-hydrogen) atoms. The van der Waals surface area contributed by atoms with Crippen LogP contribution in [-0.2, 0) is 10.0 Å². The van der Waals surface area contributed by atoms with Crippen LogP contribution in [0, 0.1) is 5.82 Å². The molecule has 6 nitrogen and oxygen atoms in total. The molecule has 0 fully saturated rings. The second kappa shape index (κ2) is 6.14. The number of benzene rings is 1. The number of hydrogen-bond donors (Lipinski definition) is 3. The van der Waals surface area contributed by atoms with Crippen LogP contribution in [0.1, 0.15) is 0 Å². The van der Waals surface area contributed by atoms with Gasteiger partial charge in [0.1, 0.15) is 10.7 Å². The molecule has 0 atom stereocenters. The lowest BCUT2D eigenvalue weighted by Crippen LogP contribution is -2.15. The van der Waals surface area contributed by atoms with Gasteiger partial charge in [0.2, 0.25) is 0 Å². The minimum Gasteiger partial charge on any atom is -0.307 e. The fourth-order valence-electron chi connectivity index (χ4n) is 1.45. The van der Waals surface area contributed by atoms with Crippen molar-refractivity contribution in [3.05, 3.63) is 45.8 Å². The topological polar surface area (TPSA) is 97.1 Å². The number of aromatic nitrogens is 1. The van der Waals surface area contributed by atoms with Crippen LogP contribution in [0.25, 0.3) is 0 Å². The Morgan fingerprint density at radius 3 is 2.67 bits per heavy atom. The molecule has 0 amide bonds. The molecule has 1 aromatic carbocycles. The number of nitrogens with two attached hydrogens (primary N) is 1. The summed E-state index contributed by atoms with van der Waals surface area (Å²) in [6, 6.07) is 5.04. The van der Waals surface area contributed by atoms with E-state index in [1.807, 2.05) is 0 Å². The van der Waals surface area contributed by atoms with E-state index in [1.54, 1.807) is 0 Å². The van der Waals surface area contributed by atoms with Crippen molar-refractivity contribution in [3.8, 4) is 0 Å². The van der Waals surface area contributed by atoms with Gasteiger partial charge in [0.05, 0.1) is 10.7 Å². The van der Waals surface area contributed by atoms with E-state index >= 15 is 0 Å². The molecule has 0 unspecified atom stereocenters. The Hall–Kier alpha value is -1.42. The lowest BCUT2D eigenvalue weighted by Gasteiger charge is -2.10. The SMILES string of the molecule is NNc1ncc(S(=O)(=O)Nc2cc(Br)ccc2F)cc1Cl. The van der Waals surface area contributed by atoms with Gasteiger partial charge in [-0.3, -0.25) is 4.72 Å². The number of hydrogen-bond acceptors (Lipinski definition) is 5. The molecule has 1 heterocycles. The van der Waals surface area contributed by atoms with Crippen molar-refractivity contribution in [2.75, 3.05) is 10.1 Å². The van der Waals surface area contributed by atoms with Gasteiger partial charge in [-0.25, -0.2) is 23.6 Å². The van der Waals surface area contributed by atoms with Crippen LogP contribution in [0.2, 0.25) is 5.02 Å². The number of sulfonamides is 1. The summed E-state index contributed by atoms with van der Waals surface area (Å²) in [7, 11) is -4.03. The van der Waals surface area contributed by atoms with E-state index in [-0.39, 0.29) is 21.4 Å². The zero-order chi connectivity index (χ0) is 15.6. The zero-order valence-corrected chi connectivity index (χ0v) is 13.4. The maximum Gasteiger partial charge on any atom is 0.263 e. The van der Waals surface area contributed by atoms with Crippen LogP contribution in [0.3, 0.4) is 0 Å². The summed E-state index contributed by atoms with van der Waals surface area (Å²) < 4.78 is 40.6. The van der Waals surface area contributed by atoms with Gasteiger partial charge < -0.3 is 5.43 Å². The fraction of sp³-hybridized carbons (Fsp3) is 0. The van der Waals surface area contributed by atoms with Crippen molar-refractivity contribution in [2.24, 2.45) is 5.84 Å². The normalized spacial score (nSPS) is 11.2. The maximum absolute atomic E-state index is 13.6. The Labute approximate surface area is 133 Å². The number of nitrogens with zero attached hydrogens (tertiary/aromatic N) is 1. The van der Waals surface area contributed by atoms with Crippen LogP contribution >= 0.6 is 27.5 Å². The standard InChI is InChI=1S/C11H9BrClFN4O2S/c12-6-1-2-9(14)10(3-6)18-21(19,20)7-4-8(13)11(17-15)16-5-7/h1-5,18H,15H2,(H,16,17). The molecule has 0 radical (unpaired) electrons. The zero-order valence-electron chi connectivity index (χ0n) is 10.3. The molecule has 0 spiro atoms. The molecule has 1 aromatic heterocycles. The third-order valence-electron chi connectivity index (χ3n) is 2.44. The Morgan fingerprint density at radius 1 is 1.33 bits per heavy atom. The van der Waals surface area contributed by atoms with Crippen LogP contribution in [0.4, 0.5) is 15.9 Å². The molecule has 0 bridgehead atoms. The molecule has 0 saturated heterocycles. The fourth-order valence-corrected chi connectivity index (χ4v) is 3.13. The van der Waals surface area contributed by atoms with Crippen molar-refractivity contribution < 1.29 is 12.8 Å². The van der Waals surface area contributed by atoms with Gasteiger partial charge in [-0.05, 0) is 24.3 Å². The van der Waals surface area contributed by atoms with Gasteiger partial charge in [0, 0.05) is 10.7 Å². The van der Waals surface area contributed by atoms with Crippen molar-refractivity contribution in [1.82, 2.24) is 4.98 Å². The number of nitrogens with one attached hydrogen (secondary N) is 2. The Kier molecular flexibility index (Phi) is 4.67. The number of nitrogen functional groups attached to an aromatic ring is 1. The highest BCUT2D eigenvalue weighted by Crippen LogP contribution is 2.25. The first kappa shape index (κ1) is 16.0. The molecule has 112 valence electrons. The minimum absolute atomic E-state index is 0.0232. The lowest BCUT2D eigenvalue weighted by molar-refractivity contribution is 0.598. The van der Waals surface area contributed by atoms with E-state index in [4.69, 9.17) is 17.4 Å². The van der Waals surface area contributed by atoms with Gasteiger partial charge in [-0.2, -0.15) is 0 Å².